The van der Waals surface area contributed by atoms with Gasteiger partial charge in [0.1, 0.15) is 12.0 Å². The predicted molar refractivity (Wildman–Crippen MR) is 94.0 cm³/mol. The van der Waals surface area contributed by atoms with Crippen molar-refractivity contribution in [2.75, 3.05) is 6.54 Å². The highest BCUT2D eigenvalue weighted by Gasteiger charge is 2.40. The standard InChI is InChI=1S/C18H15F4N7O/c1-9-7-13(25-8-24-9)29-12-4-6-28(10(2)15(12)26-27-29)17(30)11-3-5-23-16(14(11)19)18(20,21)22/h3,5,7-8,10H,4,6H2,1-2H3. The topological polar surface area (TPSA) is 89.7 Å². The van der Waals surface area contributed by atoms with E-state index in [9.17, 15) is 22.4 Å². The number of fused-ring (bicyclic) bond motifs is 1. The number of carbonyl (C=O) groups is 1. The molecule has 0 saturated carbocycles. The maximum Gasteiger partial charge on any atom is 0.436 e. The van der Waals surface area contributed by atoms with E-state index in [2.05, 4.69) is 25.3 Å². The Morgan fingerprint density at radius 3 is 2.70 bits per heavy atom. The van der Waals surface area contributed by atoms with Crippen molar-refractivity contribution in [3.05, 3.63) is 58.8 Å². The van der Waals surface area contributed by atoms with Crippen molar-refractivity contribution < 1.29 is 22.4 Å². The van der Waals surface area contributed by atoms with Crippen LogP contribution in [0.5, 0.6) is 0 Å². The van der Waals surface area contributed by atoms with Crippen molar-refractivity contribution in [2.24, 2.45) is 0 Å². The SMILES string of the molecule is Cc1cc(-n2nnc3c2CCN(C(=O)c2ccnc(C(F)(F)F)c2F)C3C)ncn1. The molecule has 3 aromatic rings. The Morgan fingerprint density at radius 2 is 2.00 bits per heavy atom. The quantitative estimate of drug-likeness (QED) is 0.591. The summed E-state index contributed by atoms with van der Waals surface area (Å²) in [4.78, 5) is 25.4. The summed E-state index contributed by atoms with van der Waals surface area (Å²) in [6.45, 7) is 3.60. The van der Waals surface area contributed by atoms with Gasteiger partial charge in [0.05, 0.1) is 17.3 Å². The van der Waals surface area contributed by atoms with E-state index in [1.807, 2.05) is 0 Å². The molecule has 0 N–H and O–H groups in total. The predicted octanol–water partition coefficient (Wildman–Crippen LogP) is 2.68. The summed E-state index contributed by atoms with van der Waals surface area (Å²) in [5.74, 6) is -2.04. The number of aromatic nitrogens is 6. The van der Waals surface area contributed by atoms with E-state index in [0.29, 0.717) is 17.9 Å². The molecule has 0 spiro atoms. The fraction of sp³-hybridized carbons (Fsp3) is 0.333. The van der Waals surface area contributed by atoms with Crippen molar-refractivity contribution in [3.63, 3.8) is 0 Å². The smallest absolute Gasteiger partial charge is 0.330 e. The van der Waals surface area contributed by atoms with Gasteiger partial charge in [-0.1, -0.05) is 5.21 Å². The van der Waals surface area contributed by atoms with E-state index in [0.717, 1.165) is 23.7 Å². The summed E-state index contributed by atoms with van der Waals surface area (Å²) in [5, 5.41) is 8.22. The van der Waals surface area contributed by atoms with Crippen LogP contribution in [0, 0.1) is 12.7 Å². The number of halogens is 4. The molecule has 12 heteroatoms. The fourth-order valence-electron chi connectivity index (χ4n) is 3.42. The number of hydrogen-bond acceptors (Lipinski definition) is 6. The van der Waals surface area contributed by atoms with Gasteiger partial charge in [0.15, 0.2) is 17.3 Å². The van der Waals surface area contributed by atoms with Gasteiger partial charge in [-0.3, -0.25) is 4.79 Å². The Bertz CT molecular complexity index is 1130. The molecule has 8 nitrogen and oxygen atoms in total. The normalized spacial score (nSPS) is 16.5. The van der Waals surface area contributed by atoms with E-state index < -0.39 is 35.2 Å². The lowest BCUT2D eigenvalue weighted by atomic mass is 10.0. The molecule has 30 heavy (non-hydrogen) atoms. The molecule has 0 radical (unpaired) electrons. The number of nitrogens with zero attached hydrogens (tertiary/aromatic N) is 7. The maximum absolute atomic E-state index is 14.4. The highest BCUT2D eigenvalue weighted by atomic mass is 19.4. The Labute approximate surface area is 167 Å². The van der Waals surface area contributed by atoms with Gasteiger partial charge in [0.25, 0.3) is 5.91 Å². The van der Waals surface area contributed by atoms with Crippen LogP contribution in [0.15, 0.2) is 24.7 Å². The Balaban J connectivity index is 1.67. The second kappa shape index (κ2) is 7.11. The molecule has 0 bridgehead atoms. The van der Waals surface area contributed by atoms with E-state index in [1.165, 1.54) is 15.9 Å². The lowest BCUT2D eigenvalue weighted by Crippen LogP contribution is -2.40. The molecule has 1 aliphatic heterocycles. The van der Waals surface area contributed by atoms with Crippen LogP contribution in [-0.2, 0) is 12.6 Å². The molecule has 1 amide bonds. The number of pyridine rings is 1. The van der Waals surface area contributed by atoms with Gasteiger partial charge in [-0.2, -0.15) is 17.9 Å². The number of carbonyl (C=O) groups excluding carboxylic acids is 1. The van der Waals surface area contributed by atoms with Crippen LogP contribution in [0.2, 0.25) is 0 Å². The molecule has 3 aromatic heterocycles. The summed E-state index contributed by atoms with van der Waals surface area (Å²) in [7, 11) is 0. The zero-order chi connectivity index (χ0) is 21.6. The first kappa shape index (κ1) is 19.9. The molecule has 1 atom stereocenters. The Kier molecular flexibility index (Phi) is 4.71. The van der Waals surface area contributed by atoms with Crippen LogP contribution in [-0.4, -0.2) is 47.3 Å². The highest BCUT2D eigenvalue weighted by molar-refractivity contribution is 5.95. The van der Waals surface area contributed by atoms with Gasteiger partial charge in [-0.15, -0.1) is 5.10 Å². The van der Waals surface area contributed by atoms with Crippen molar-refractivity contribution in [1.29, 1.82) is 0 Å². The molecular weight excluding hydrogens is 406 g/mol. The van der Waals surface area contributed by atoms with Gasteiger partial charge in [0, 0.05) is 30.9 Å². The summed E-state index contributed by atoms with van der Waals surface area (Å²) in [6, 6.07) is 2.04. The van der Waals surface area contributed by atoms with Crippen LogP contribution in [0.25, 0.3) is 5.82 Å². The van der Waals surface area contributed by atoms with Crippen molar-refractivity contribution in [1.82, 2.24) is 34.8 Å². The monoisotopic (exact) mass is 421 g/mol. The van der Waals surface area contributed by atoms with Gasteiger partial charge in [0.2, 0.25) is 0 Å². The van der Waals surface area contributed by atoms with Gasteiger partial charge in [-0.05, 0) is 19.9 Å². The summed E-state index contributed by atoms with van der Waals surface area (Å²) < 4.78 is 54.7. The van der Waals surface area contributed by atoms with E-state index >= 15 is 0 Å². The lowest BCUT2D eigenvalue weighted by Gasteiger charge is -2.32. The van der Waals surface area contributed by atoms with Crippen molar-refractivity contribution >= 4 is 5.91 Å². The molecule has 0 aliphatic carbocycles. The second-order valence-electron chi connectivity index (χ2n) is 6.79. The molecule has 0 aromatic carbocycles. The van der Waals surface area contributed by atoms with Crippen LogP contribution < -0.4 is 0 Å². The highest BCUT2D eigenvalue weighted by Crippen LogP contribution is 2.33. The first-order valence-corrected chi connectivity index (χ1v) is 8.94. The molecule has 1 aliphatic rings. The largest absolute Gasteiger partial charge is 0.436 e. The number of alkyl halides is 3. The second-order valence-corrected chi connectivity index (χ2v) is 6.79. The minimum Gasteiger partial charge on any atom is -0.330 e. The zero-order valence-corrected chi connectivity index (χ0v) is 15.9. The van der Waals surface area contributed by atoms with Gasteiger partial charge < -0.3 is 4.90 Å². The number of rotatable bonds is 2. The number of amides is 1. The molecule has 0 fully saturated rings. The third-order valence-corrected chi connectivity index (χ3v) is 4.90. The summed E-state index contributed by atoms with van der Waals surface area (Å²) in [6.07, 6.45) is -2.52. The van der Waals surface area contributed by atoms with E-state index in [1.54, 1.807) is 19.9 Å². The molecular formula is C18H15F4N7O. The Morgan fingerprint density at radius 1 is 1.23 bits per heavy atom. The maximum atomic E-state index is 14.4. The van der Waals surface area contributed by atoms with Crippen LogP contribution in [0.3, 0.4) is 0 Å². The molecule has 156 valence electrons. The lowest BCUT2D eigenvalue weighted by molar-refractivity contribution is -0.143. The van der Waals surface area contributed by atoms with Crippen molar-refractivity contribution in [3.8, 4) is 5.82 Å². The van der Waals surface area contributed by atoms with Gasteiger partial charge >= 0.3 is 6.18 Å². The average molecular weight is 421 g/mol. The minimum atomic E-state index is -5.00. The number of aryl methyl sites for hydroxylation is 1. The van der Waals surface area contributed by atoms with Crippen molar-refractivity contribution in [2.45, 2.75) is 32.5 Å². The van der Waals surface area contributed by atoms with Crippen LogP contribution in [0.4, 0.5) is 17.6 Å². The summed E-state index contributed by atoms with van der Waals surface area (Å²) >= 11 is 0. The van der Waals surface area contributed by atoms with Gasteiger partial charge in [-0.25, -0.2) is 19.3 Å². The third-order valence-electron chi connectivity index (χ3n) is 4.90. The molecule has 4 heterocycles. The minimum absolute atomic E-state index is 0.146. The zero-order valence-electron chi connectivity index (χ0n) is 15.9. The first-order chi connectivity index (χ1) is 14.2. The summed E-state index contributed by atoms with van der Waals surface area (Å²) in [5.41, 5.74) is -0.485. The fourth-order valence-corrected chi connectivity index (χ4v) is 3.42. The third kappa shape index (κ3) is 3.27. The number of hydrogen-bond donors (Lipinski definition) is 0. The average Bonchev–Trinajstić information content (AvgIpc) is 3.12. The van der Waals surface area contributed by atoms with Crippen LogP contribution in [0.1, 0.15) is 46.1 Å². The van der Waals surface area contributed by atoms with E-state index in [4.69, 9.17) is 0 Å². The molecule has 4 rings (SSSR count). The van der Waals surface area contributed by atoms with Crippen LogP contribution >= 0.6 is 0 Å². The van der Waals surface area contributed by atoms with E-state index in [-0.39, 0.29) is 6.54 Å². The molecule has 1 unspecified atom stereocenters. The molecule has 0 saturated heterocycles. The Hall–Kier alpha value is -3.44. The first-order valence-electron chi connectivity index (χ1n) is 8.94.